The monoisotopic (exact) mass is 242 g/mol. The number of aromatic nitrogens is 1. The molecular formula is C15H18N2O. The first-order valence-electron chi connectivity index (χ1n) is 6.60. The van der Waals surface area contributed by atoms with Crippen LogP contribution in [0.3, 0.4) is 0 Å². The molecule has 0 unspecified atom stereocenters. The number of ether oxygens (including phenoxy) is 1. The molecule has 1 aromatic carbocycles. The third-order valence-electron chi connectivity index (χ3n) is 3.46. The Hall–Kier alpha value is -1.61. The first-order chi connectivity index (χ1) is 8.92. The minimum absolute atomic E-state index is 0.642. The van der Waals surface area contributed by atoms with Crippen molar-refractivity contribution in [2.45, 2.75) is 12.8 Å². The van der Waals surface area contributed by atoms with Crippen LogP contribution in [0.2, 0.25) is 0 Å². The van der Waals surface area contributed by atoms with Gasteiger partial charge in [-0.3, -0.25) is 4.98 Å². The van der Waals surface area contributed by atoms with Crippen LogP contribution in [0.1, 0.15) is 12.8 Å². The zero-order valence-electron chi connectivity index (χ0n) is 10.4. The molecule has 2 heterocycles. The zero-order chi connectivity index (χ0) is 12.2. The summed E-state index contributed by atoms with van der Waals surface area (Å²) in [4.78, 5) is 4.31. The van der Waals surface area contributed by atoms with Crippen LogP contribution >= 0.6 is 0 Å². The molecule has 18 heavy (non-hydrogen) atoms. The van der Waals surface area contributed by atoms with Crippen LogP contribution in [-0.4, -0.2) is 24.7 Å². The van der Waals surface area contributed by atoms with Crippen molar-refractivity contribution in [1.82, 2.24) is 10.3 Å². The molecular weight excluding hydrogens is 224 g/mol. The van der Waals surface area contributed by atoms with Crippen molar-refractivity contribution in [3.05, 3.63) is 36.5 Å². The van der Waals surface area contributed by atoms with Gasteiger partial charge in [0.1, 0.15) is 5.75 Å². The fourth-order valence-corrected chi connectivity index (χ4v) is 2.42. The van der Waals surface area contributed by atoms with Crippen molar-refractivity contribution in [1.29, 1.82) is 0 Å². The number of rotatable bonds is 3. The summed E-state index contributed by atoms with van der Waals surface area (Å²) in [5.41, 5.74) is 1.02. The van der Waals surface area contributed by atoms with Crippen LogP contribution in [0.4, 0.5) is 0 Å². The highest BCUT2D eigenvalue weighted by molar-refractivity contribution is 5.79. The number of nitrogens with zero attached hydrogens (tertiary/aromatic N) is 1. The van der Waals surface area contributed by atoms with Crippen LogP contribution in [0, 0.1) is 5.92 Å². The van der Waals surface area contributed by atoms with Crippen molar-refractivity contribution in [2.75, 3.05) is 19.7 Å². The van der Waals surface area contributed by atoms with E-state index in [1.807, 2.05) is 24.4 Å². The molecule has 1 aliphatic heterocycles. The van der Waals surface area contributed by atoms with Crippen LogP contribution in [-0.2, 0) is 0 Å². The SMILES string of the molecule is c1cnc2ccc(OC[C@@H]3CCCNC3)cc2c1. The van der Waals surface area contributed by atoms with Crippen molar-refractivity contribution in [2.24, 2.45) is 5.92 Å². The number of pyridine rings is 1. The molecule has 1 atom stereocenters. The summed E-state index contributed by atoms with van der Waals surface area (Å²) in [5, 5.41) is 4.55. The normalized spacial score (nSPS) is 19.9. The molecule has 1 fully saturated rings. The van der Waals surface area contributed by atoms with Gasteiger partial charge in [-0.15, -0.1) is 0 Å². The third-order valence-corrected chi connectivity index (χ3v) is 3.46. The van der Waals surface area contributed by atoms with Gasteiger partial charge in [-0.2, -0.15) is 0 Å². The molecule has 1 N–H and O–H groups in total. The van der Waals surface area contributed by atoms with Crippen molar-refractivity contribution < 1.29 is 4.74 Å². The van der Waals surface area contributed by atoms with E-state index in [0.717, 1.165) is 36.3 Å². The molecule has 0 amide bonds. The van der Waals surface area contributed by atoms with Gasteiger partial charge >= 0.3 is 0 Å². The lowest BCUT2D eigenvalue weighted by molar-refractivity contribution is 0.218. The second kappa shape index (κ2) is 5.36. The quantitative estimate of drug-likeness (QED) is 0.898. The number of hydrogen-bond acceptors (Lipinski definition) is 3. The predicted octanol–water partition coefficient (Wildman–Crippen LogP) is 2.61. The Balaban J connectivity index is 1.66. The molecule has 1 aliphatic rings. The molecule has 3 heteroatoms. The Morgan fingerprint density at radius 3 is 3.22 bits per heavy atom. The fraction of sp³-hybridized carbons (Fsp3) is 0.400. The van der Waals surface area contributed by atoms with Gasteiger partial charge in [0, 0.05) is 24.0 Å². The highest BCUT2D eigenvalue weighted by atomic mass is 16.5. The summed E-state index contributed by atoms with van der Waals surface area (Å²) in [6, 6.07) is 10.1. The molecule has 2 aromatic rings. The van der Waals surface area contributed by atoms with Crippen LogP contribution < -0.4 is 10.1 Å². The van der Waals surface area contributed by atoms with Gasteiger partial charge in [0.25, 0.3) is 0 Å². The second-order valence-electron chi connectivity index (χ2n) is 4.88. The Labute approximate surface area is 107 Å². The average molecular weight is 242 g/mol. The number of fused-ring (bicyclic) bond motifs is 1. The number of nitrogens with one attached hydrogen (secondary N) is 1. The van der Waals surface area contributed by atoms with Crippen LogP contribution in [0.15, 0.2) is 36.5 Å². The first-order valence-corrected chi connectivity index (χ1v) is 6.60. The lowest BCUT2D eigenvalue weighted by Gasteiger charge is -2.22. The van der Waals surface area contributed by atoms with E-state index >= 15 is 0 Å². The summed E-state index contributed by atoms with van der Waals surface area (Å²) in [6.07, 6.45) is 4.34. The van der Waals surface area contributed by atoms with Gasteiger partial charge in [0.15, 0.2) is 0 Å². The van der Waals surface area contributed by atoms with E-state index in [1.54, 1.807) is 0 Å². The van der Waals surface area contributed by atoms with Gasteiger partial charge in [0.2, 0.25) is 0 Å². The van der Waals surface area contributed by atoms with Crippen molar-refractivity contribution >= 4 is 10.9 Å². The lowest BCUT2D eigenvalue weighted by Crippen LogP contribution is -2.33. The molecule has 0 saturated carbocycles. The zero-order valence-corrected chi connectivity index (χ0v) is 10.4. The maximum absolute atomic E-state index is 5.89. The summed E-state index contributed by atoms with van der Waals surface area (Å²) in [7, 11) is 0. The van der Waals surface area contributed by atoms with Crippen LogP contribution in [0.5, 0.6) is 5.75 Å². The molecule has 1 aromatic heterocycles. The third kappa shape index (κ3) is 2.62. The average Bonchev–Trinajstić information content (AvgIpc) is 2.46. The summed E-state index contributed by atoms with van der Waals surface area (Å²) >= 11 is 0. The van der Waals surface area contributed by atoms with Crippen molar-refractivity contribution in [3.8, 4) is 5.75 Å². The summed E-state index contributed by atoms with van der Waals surface area (Å²) in [5.74, 6) is 1.59. The Kier molecular flexibility index (Phi) is 3.42. The highest BCUT2D eigenvalue weighted by Gasteiger charge is 2.13. The molecule has 1 saturated heterocycles. The topological polar surface area (TPSA) is 34.1 Å². The van der Waals surface area contributed by atoms with Crippen LogP contribution in [0.25, 0.3) is 10.9 Å². The van der Waals surface area contributed by atoms with E-state index in [4.69, 9.17) is 4.74 Å². The maximum Gasteiger partial charge on any atom is 0.120 e. The largest absolute Gasteiger partial charge is 0.493 e. The van der Waals surface area contributed by atoms with Gasteiger partial charge in [-0.05, 0) is 43.7 Å². The lowest BCUT2D eigenvalue weighted by atomic mass is 10.0. The first kappa shape index (κ1) is 11.5. The Morgan fingerprint density at radius 2 is 2.33 bits per heavy atom. The smallest absolute Gasteiger partial charge is 0.120 e. The number of benzene rings is 1. The summed E-state index contributed by atoms with van der Waals surface area (Å²) < 4.78 is 5.89. The van der Waals surface area contributed by atoms with Crippen molar-refractivity contribution in [3.63, 3.8) is 0 Å². The van der Waals surface area contributed by atoms with Gasteiger partial charge in [0.05, 0.1) is 12.1 Å². The van der Waals surface area contributed by atoms with E-state index in [9.17, 15) is 0 Å². The predicted molar refractivity (Wildman–Crippen MR) is 72.8 cm³/mol. The van der Waals surface area contributed by atoms with E-state index in [0.29, 0.717) is 5.92 Å². The van der Waals surface area contributed by atoms with E-state index in [-0.39, 0.29) is 0 Å². The fourth-order valence-electron chi connectivity index (χ4n) is 2.42. The molecule has 3 nitrogen and oxygen atoms in total. The maximum atomic E-state index is 5.89. The van der Waals surface area contributed by atoms with Gasteiger partial charge in [-0.25, -0.2) is 0 Å². The standard InChI is InChI=1S/C15H18N2O/c1-3-12(10-16-7-1)11-18-14-5-6-15-13(9-14)4-2-8-17-15/h2,4-6,8-9,12,16H,1,3,7,10-11H2/t12-/m1/s1. The van der Waals surface area contributed by atoms with Gasteiger partial charge < -0.3 is 10.1 Å². The molecule has 0 bridgehead atoms. The van der Waals surface area contributed by atoms with E-state index < -0.39 is 0 Å². The van der Waals surface area contributed by atoms with E-state index in [1.165, 1.54) is 12.8 Å². The number of piperidine rings is 1. The highest BCUT2D eigenvalue weighted by Crippen LogP contribution is 2.20. The molecule has 0 aliphatic carbocycles. The van der Waals surface area contributed by atoms with Gasteiger partial charge in [-0.1, -0.05) is 6.07 Å². The Bertz CT molecular complexity index is 521. The minimum Gasteiger partial charge on any atom is -0.493 e. The molecule has 94 valence electrons. The minimum atomic E-state index is 0.642. The Morgan fingerprint density at radius 1 is 1.33 bits per heavy atom. The van der Waals surface area contributed by atoms with E-state index in [2.05, 4.69) is 22.4 Å². The number of hydrogen-bond donors (Lipinski definition) is 1. The summed E-state index contributed by atoms with van der Waals surface area (Å²) in [6.45, 7) is 3.03. The molecule has 3 rings (SSSR count). The second-order valence-corrected chi connectivity index (χ2v) is 4.88. The molecule has 0 spiro atoms. The molecule has 0 radical (unpaired) electrons.